The van der Waals surface area contributed by atoms with Crippen LogP contribution >= 0.6 is 0 Å². The third kappa shape index (κ3) is 4.19. The van der Waals surface area contributed by atoms with Crippen molar-refractivity contribution >= 4 is 11.9 Å². The molecule has 3 N–H and O–H groups in total. The molecule has 6 heteroatoms. The topological polar surface area (TPSA) is 104 Å². The number of aliphatic hydroxyl groups is 2. The zero-order valence-corrected chi connectivity index (χ0v) is 24.3. The smallest absolute Gasteiger partial charge is 0.309 e. The summed E-state index contributed by atoms with van der Waals surface area (Å²) in [6.45, 7) is 13.2. The van der Waals surface area contributed by atoms with Gasteiger partial charge in [0.15, 0.2) is 0 Å². The molecule has 5 rings (SSSR count). The minimum atomic E-state index is -0.836. The minimum Gasteiger partial charge on any atom is -0.481 e. The number of carbonyl (C=O) groups excluding carboxylic acids is 1. The summed E-state index contributed by atoms with van der Waals surface area (Å²) in [5, 5.41) is 33.1. The third-order valence-electron chi connectivity index (χ3n) is 12.7. The van der Waals surface area contributed by atoms with Gasteiger partial charge in [0.1, 0.15) is 6.10 Å². The number of hydrogen-bond donors (Lipinski definition) is 3. The fourth-order valence-corrected chi connectivity index (χ4v) is 10.5. The van der Waals surface area contributed by atoms with E-state index in [1.54, 1.807) is 0 Å². The molecule has 38 heavy (non-hydrogen) atoms. The predicted octanol–water partition coefficient (Wildman–Crippen LogP) is 5.60. The van der Waals surface area contributed by atoms with Gasteiger partial charge in [0.2, 0.25) is 0 Å². The maximum atomic E-state index is 13.0. The molecule has 6 nitrogen and oxygen atoms in total. The van der Waals surface area contributed by atoms with E-state index in [0.29, 0.717) is 25.2 Å². The third-order valence-corrected chi connectivity index (χ3v) is 12.7. The van der Waals surface area contributed by atoms with Gasteiger partial charge in [0, 0.05) is 5.92 Å². The molecular weight excluding hydrogens is 480 g/mol. The van der Waals surface area contributed by atoms with Gasteiger partial charge in [0.05, 0.1) is 24.0 Å². The van der Waals surface area contributed by atoms with Gasteiger partial charge in [-0.3, -0.25) is 9.59 Å². The van der Waals surface area contributed by atoms with Crippen molar-refractivity contribution in [3.8, 4) is 0 Å². The van der Waals surface area contributed by atoms with Crippen LogP contribution in [0.15, 0.2) is 11.6 Å². The molecule has 0 bridgehead atoms. The van der Waals surface area contributed by atoms with Gasteiger partial charge in [-0.05, 0) is 112 Å². The lowest BCUT2D eigenvalue weighted by Gasteiger charge is -2.69. The summed E-state index contributed by atoms with van der Waals surface area (Å²) >= 11 is 0. The van der Waals surface area contributed by atoms with Gasteiger partial charge in [0.25, 0.3) is 0 Å². The van der Waals surface area contributed by atoms with Crippen LogP contribution in [0.1, 0.15) is 99.3 Å². The highest BCUT2D eigenvalue weighted by Gasteiger charge is 2.72. The summed E-state index contributed by atoms with van der Waals surface area (Å²) in [5.41, 5.74) is 0.549. The second kappa shape index (κ2) is 9.61. The molecule has 0 spiro atoms. The van der Waals surface area contributed by atoms with Crippen LogP contribution in [-0.2, 0) is 14.3 Å². The van der Waals surface area contributed by atoms with Crippen molar-refractivity contribution in [1.29, 1.82) is 0 Å². The number of ether oxygens (including phenoxy) is 1. The summed E-state index contributed by atoms with van der Waals surface area (Å²) in [6.07, 6.45) is 7.72. The number of aliphatic carboxylic acids is 1. The van der Waals surface area contributed by atoms with E-state index in [4.69, 9.17) is 4.74 Å². The molecule has 5 aliphatic carbocycles. The molecule has 0 heterocycles. The predicted molar refractivity (Wildman–Crippen MR) is 145 cm³/mol. The number of esters is 1. The zero-order valence-electron chi connectivity index (χ0n) is 24.3. The van der Waals surface area contributed by atoms with E-state index in [1.807, 2.05) is 19.9 Å². The highest BCUT2D eigenvalue weighted by Crippen LogP contribution is 2.75. The van der Waals surface area contributed by atoms with Gasteiger partial charge in [-0.1, -0.05) is 39.3 Å². The number of carboxylic acids is 1. The highest BCUT2D eigenvalue weighted by atomic mass is 16.5. The minimum absolute atomic E-state index is 0.0332. The van der Waals surface area contributed by atoms with Gasteiger partial charge < -0.3 is 20.1 Å². The Hall–Kier alpha value is -1.40. The van der Waals surface area contributed by atoms with E-state index in [9.17, 15) is 24.9 Å². The summed E-state index contributed by atoms with van der Waals surface area (Å²) in [7, 11) is 0. The molecule has 0 radical (unpaired) electrons. The van der Waals surface area contributed by atoms with Gasteiger partial charge >= 0.3 is 11.9 Å². The van der Waals surface area contributed by atoms with E-state index < -0.39 is 24.1 Å². The van der Waals surface area contributed by atoms with E-state index >= 15 is 0 Å². The van der Waals surface area contributed by atoms with E-state index in [1.165, 1.54) is 0 Å². The summed E-state index contributed by atoms with van der Waals surface area (Å²) in [5.74, 6) is -1.40. The van der Waals surface area contributed by atoms with E-state index in [-0.39, 0.29) is 57.9 Å². The Morgan fingerprint density at radius 1 is 0.974 bits per heavy atom. The number of aliphatic hydroxyl groups excluding tert-OH is 2. The first kappa shape index (κ1) is 28.1. The van der Waals surface area contributed by atoms with Crippen molar-refractivity contribution in [3.05, 3.63) is 11.6 Å². The Labute approximate surface area is 228 Å². The largest absolute Gasteiger partial charge is 0.481 e. The SMILES string of the molecule is CC(C)=CC[C@@H](C(=O)O)[C@@H]1C2CC(O)C3[C@@]4(C)CC[C@@H](O)[C@@H](C)C4CC[C@]3(C)[C@@]2(C)C[C@@H]1OC(=O)C1CC1. The fraction of sp³-hybridized carbons (Fsp3) is 0.875. The van der Waals surface area contributed by atoms with Crippen molar-refractivity contribution in [3.63, 3.8) is 0 Å². The van der Waals surface area contributed by atoms with Crippen LogP contribution in [0.4, 0.5) is 0 Å². The molecule has 5 fully saturated rings. The molecule has 4 unspecified atom stereocenters. The Balaban J connectivity index is 1.55. The standard InChI is InChI=1S/C32H50O6/c1-17(2)7-10-20(28(35)36)26-22-15-24(34)27-30(4)13-12-23(33)18(3)21(30)11-14-31(27,5)32(22,6)16-25(26)38-29(37)19-8-9-19/h7,18-27,33-34H,8-16H2,1-6H3,(H,35,36)/t18-,20+,21?,22?,23+,24?,25-,26+,27?,30-,31-,32-/m0/s1. The lowest BCUT2D eigenvalue weighted by Crippen LogP contribution is -2.66. The van der Waals surface area contributed by atoms with Gasteiger partial charge in [-0.2, -0.15) is 0 Å². The Kier molecular flexibility index (Phi) is 7.12. The molecule has 0 aromatic rings. The molecule has 5 saturated carbocycles. The zero-order chi connectivity index (χ0) is 27.8. The monoisotopic (exact) mass is 530 g/mol. The maximum absolute atomic E-state index is 13.0. The van der Waals surface area contributed by atoms with Crippen molar-refractivity contribution in [2.75, 3.05) is 0 Å². The molecule has 0 aromatic carbocycles. The van der Waals surface area contributed by atoms with Gasteiger partial charge in [-0.25, -0.2) is 0 Å². The first-order chi connectivity index (χ1) is 17.7. The molecule has 5 aliphatic rings. The average Bonchev–Trinajstić information content (AvgIpc) is 3.63. The summed E-state index contributed by atoms with van der Waals surface area (Å²) in [6, 6.07) is 0. The molecule has 0 saturated heterocycles. The van der Waals surface area contributed by atoms with Crippen LogP contribution < -0.4 is 0 Å². The van der Waals surface area contributed by atoms with Crippen LogP contribution in [-0.4, -0.2) is 45.6 Å². The van der Waals surface area contributed by atoms with Crippen molar-refractivity contribution < 1.29 is 29.6 Å². The van der Waals surface area contributed by atoms with Crippen molar-refractivity contribution in [1.82, 2.24) is 0 Å². The van der Waals surface area contributed by atoms with Crippen LogP contribution in [0, 0.1) is 57.7 Å². The Bertz CT molecular complexity index is 982. The number of rotatable bonds is 6. The Morgan fingerprint density at radius 2 is 1.66 bits per heavy atom. The van der Waals surface area contributed by atoms with Gasteiger partial charge in [-0.15, -0.1) is 0 Å². The summed E-state index contributed by atoms with van der Waals surface area (Å²) in [4.78, 5) is 25.7. The number of fused-ring (bicyclic) bond motifs is 5. The molecular formula is C32H50O6. The van der Waals surface area contributed by atoms with Crippen LogP contribution in [0.2, 0.25) is 0 Å². The first-order valence-corrected chi connectivity index (χ1v) is 15.2. The molecule has 12 atom stereocenters. The number of carboxylic acid groups (broad SMARTS) is 1. The Morgan fingerprint density at radius 3 is 2.26 bits per heavy atom. The second-order valence-electron chi connectivity index (χ2n) is 14.8. The lowest BCUT2D eigenvalue weighted by molar-refractivity contribution is -0.240. The van der Waals surface area contributed by atoms with E-state index in [0.717, 1.165) is 44.1 Å². The number of allylic oxidation sites excluding steroid dienone is 2. The number of carbonyl (C=O) groups is 2. The fourth-order valence-electron chi connectivity index (χ4n) is 10.5. The first-order valence-electron chi connectivity index (χ1n) is 15.2. The quantitative estimate of drug-likeness (QED) is 0.305. The second-order valence-corrected chi connectivity index (χ2v) is 14.8. The van der Waals surface area contributed by atoms with Crippen LogP contribution in [0.5, 0.6) is 0 Å². The molecule has 0 aromatic heterocycles. The lowest BCUT2D eigenvalue weighted by atomic mass is 9.36. The van der Waals surface area contributed by atoms with E-state index in [2.05, 4.69) is 27.7 Å². The molecule has 0 aliphatic heterocycles. The number of hydrogen-bond acceptors (Lipinski definition) is 5. The average molecular weight is 531 g/mol. The van der Waals surface area contributed by atoms with Crippen LogP contribution in [0.25, 0.3) is 0 Å². The highest BCUT2D eigenvalue weighted by molar-refractivity contribution is 5.75. The van der Waals surface area contributed by atoms with Crippen molar-refractivity contribution in [2.45, 2.75) is 118 Å². The normalized spacial score (nSPS) is 48.7. The molecule has 0 amide bonds. The summed E-state index contributed by atoms with van der Waals surface area (Å²) < 4.78 is 6.23. The molecule has 214 valence electrons. The van der Waals surface area contributed by atoms with Crippen LogP contribution in [0.3, 0.4) is 0 Å². The maximum Gasteiger partial charge on any atom is 0.309 e. The van der Waals surface area contributed by atoms with Crippen molar-refractivity contribution in [2.24, 2.45) is 57.7 Å².